The summed E-state index contributed by atoms with van der Waals surface area (Å²) in [6, 6.07) is 4.68. The van der Waals surface area contributed by atoms with Crippen LogP contribution in [-0.2, 0) is 0 Å². The van der Waals surface area contributed by atoms with Crippen LogP contribution in [0.4, 0.5) is 5.69 Å². The average molecular weight is 419 g/mol. The minimum absolute atomic E-state index is 0.566. The predicted octanol–water partition coefficient (Wildman–Crippen LogP) is 6.24. The van der Waals surface area contributed by atoms with E-state index in [2.05, 4.69) is 63.2 Å². The summed E-state index contributed by atoms with van der Waals surface area (Å²) in [6.45, 7) is 4.71. The van der Waals surface area contributed by atoms with Gasteiger partial charge in [0.1, 0.15) is 5.75 Å². The molecule has 1 saturated carbocycles. The van der Waals surface area contributed by atoms with Crippen molar-refractivity contribution in [2.75, 3.05) is 12.4 Å². The Morgan fingerprint density at radius 1 is 1.10 bits per heavy atom. The predicted molar refractivity (Wildman–Crippen MR) is 97.2 cm³/mol. The van der Waals surface area contributed by atoms with Crippen LogP contribution >= 0.6 is 31.9 Å². The second-order valence-electron chi connectivity index (χ2n) is 6.32. The molecule has 2 nitrogen and oxygen atoms in total. The van der Waals surface area contributed by atoms with Gasteiger partial charge in [-0.05, 0) is 69.0 Å². The van der Waals surface area contributed by atoms with Crippen molar-refractivity contribution in [3.8, 4) is 5.75 Å². The average Bonchev–Trinajstić information content (AvgIpc) is 2.67. The molecule has 0 heterocycles. The van der Waals surface area contributed by atoms with E-state index in [1.54, 1.807) is 7.11 Å². The molecule has 1 aromatic rings. The molecule has 1 aliphatic rings. The number of halogens is 2. The van der Waals surface area contributed by atoms with Crippen LogP contribution in [0.5, 0.6) is 5.75 Å². The Bertz CT molecular complexity index is 476. The number of nitrogens with one attached hydrogen (secondary N) is 1. The van der Waals surface area contributed by atoms with Crippen LogP contribution < -0.4 is 10.1 Å². The molecule has 1 aliphatic carbocycles. The minimum Gasteiger partial charge on any atom is -0.495 e. The van der Waals surface area contributed by atoms with Gasteiger partial charge in [0, 0.05) is 16.6 Å². The lowest BCUT2D eigenvalue weighted by atomic mass is 9.89. The van der Waals surface area contributed by atoms with Crippen LogP contribution in [0.15, 0.2) is 21.1 Å². The highest BCUT2D eigenvalue weighted by Gasteiger charge is 2.21. The molecule has 0 amide bonds. The second kappa shape index (κ2) is 7.87. The summed E-state index contributed by atoms with van der Waals surface area (Å²) in [7, 11) is 1.71. The zero-order chi connectivity index (χ0) is 15.4. The van der Waals surface area contributed by atoms with E-state index in [0.717, 1.165) is 32.2 Å². The highest BCUT2D eigenvalue weighted by atomic mass is 79.9. The van der Waals surface area contributed by atoms with E-state index in [0.29, 0.717) is 6.04 Å². The van der Waals surface area contributed by atoms with Gasteiger partial charge in [0.25, 0.3) is 0 Å². The van der Waals surface area contributed by atoms with E-state index < -0.39 is 0 Å². The van der Waals surface area contributed by atoms with Gasteiger partial charge in [0.05, 0.1) is 17.3 Å². The first-order valence-corrected chi connectivity index (χ1v) is 9.39. The van der Waals surface area contributed by atoms with Crippen LogP contribution in [0.1, 0.15) is 46.0 Å². The number of ether oxygens (including phenoxy) is 1. The van der Waals surface area contributed by atoms with E-state index in [1.165, 1.54) is 32.1 Å². The fourth-order valence-corrected chi connectivity index (χ4v) is 4.43. The largest absolute Gasteiger partial charge is 0.495 e. The molecular weight excluding hydrogens is 394 g/mol. The van der Waals surface area contributed by atoms with Crippen molar-refractivity contribution in [2.45, 2.75) is 52.0 Å². The van der Waals surface area contributed by atoms with Gasteiger partial charge in [-0.15, -0.1) is 0 Å². The Balaban J connectivity index is 2.04. The van der Waals surface area contributed by atoms with Crippen molar-refractivity contribution < 1.29 is 4.74 Å². The molecule has 118 valence electrons. The van der Waals surface area contributed by atoms with E-state index in [-0.39, 0.29) is 0 Å². The molecule has 0 radical (unpaired) electrons. The number of rotatable bonds is 4. The maximum atomic E-state index is 5.40. The Hall–Kier alpha value is -0.220. The molecule has 0 spiro atoms. The van der Waals surface area contributed by atoms with Crippen LogP contribution in [0.25, 0.3) is 0 Å². The van der Waals surface area contributed by atoms with E-state index in [1.807, 2.05) is 0 Å². The Morgan fingerprint density at radius 3 is 2.52 bits per heavy atom. The van der Waals surface area contributed by atoms with Crippen LogP contribution in [-0.4, -0.2) is 13.2 Å². The summed E-state index contributed by atoms with van der Waals surface area (Å²) in [5.74, 6) is 2.57. The lowest BCUT2D eigenvalue weighted by Crippen LogP contribution is -2.19. The van der Waals surface area contributed by atoms with E-state index in [9.17, 15) is 0 Å². The van der Waals surface area contributed by atoms with Crippen molar-refractivity contribution in [2.24, 2.45) is 11.8 Å². The topological polar surface area (TPSA) is 21.3 Å². The summed E-state index contributed by atoms with van der Waals surface area (Å²) >= 11 is 7.16. The molecular formula is C17H25Br2NO. The zero-order valence-corrected chi connectivity index (χ0v) is 16.3. The molecule has 0 aliphatic heterocycles. The number of hydrogen-bond acceptors (Lipinski definition) is 2. The molecule has 2 rings (SSSR count). The summed E-state index contributed by atoms with van der Waals surface area (Å²) < 4.78 is 7.45. The monoisotopic (exact) mass is 417 g/mol. The number of hydrogen-bond donors (Lipinski definition) is 1. The van der Waals surface area contributed by atoms with Gasteiger partial charge < -0.3 is 10.1 Å². The Morgan fingerprint density at radius 2 is 1.86 bits per heavy atom. The fraction of sp³-hybridized carbons (Fsp3) is 0.647. The molecule has 1 aromatic carbocycles. The zero-order valence-electron chi connectivity index (χ0n) is 13.1. The van der Waals surface area contributed by atoms with Crippen molar-refractivity contribution in [3.05, 3.63) is 21.1 Å². The van der Waals surface area contributed by atoms with Gasteiger partial charge in [0.2, 0.25) is 0 Å². The van der Waals surface area contributed by atoms with Crippen molar-refractivity contribution >= 4 is 37.5 Å². The highest BCUT2D eigenvalue weighted by Crippen LogP contribution is 2.36. The number of methoxy groups -OCH3 is 1. The van der Waals surface area contributed by atoms with Crippen LogP contribution in [0.3, 0.4) is 0 Å². The maximum absolute atomic E-state index is 5.40. The highest BCUT2D eigenvalue weighted by molar-refractivity contribution is 9.11. The molecule has 1 fully saturated rings. The lowest BCUT2D eigenvalue weighted by Gasteiger charge is -2.21. The quantitative estimate of drug-likeness (QED) is 0.584. The van der Waals surface area contributed by atoms with Gasteiger partial charge in [-0.3, -0.25) is 0 Å². The third-order valence-electron chi connectivity index (χ3n) is 4.56. The lowest BCUT2D eigenvalue weighted by molar-refractivity contribution is 0.341. The first-order chi connectivity index (χ1) is 10.0. The molecule has 0 bridgehead atoms. The van der Waals surface area contributed by atoms with Crippen LogP contribution in [0.2, 0.25) is 0 Å². The van der Waals surface area contributed by atoms with Crippen molar-refractivity contribution in [1.29, 1.82) is 0 Å². The Labute approximate surface area is 145 Å². The first kappa shape index (κ1) is 17.1. The number of anilines is 1. The van der Waals surface area contributed by atoms with Crippen molar-refractivity contribution in [3.63, 3.8) is 0 Å². The molecule has 4 heteroatoms. The molecule has 21 heavy (non-hydrogen) atoms. The smallest absolute Gasteiger partial charge is 0.135 e. The summed E-state index contributed by atoms with van der Waals surface area (Å²) in [5, 5.41) is 3.70. The van der Waals surface area contributed by atoms with Crippen LogP contribution in [0, 0.1) is 11.8 Å². The summed E-state index contributed by atoms with van der Waals surface area (Å²) in [5.41, 5.74) is 1.13. The minimum atomic E-state index is 0.566. The van der Waals surface area contributed by atoms with Gasteiger partial charge in [0.15, 0.2) is 0 Å². The van der Waals surface area contributed by atoms with Gasteiger partial charge in [-0.1, -0.05) is 26.7 Å². The van der Waals surface area contributed by atoms with Gasteiger partial charge >= 0.3 is 0 Å². The molecule has 2 unspecified atom stereocenters. The Kier molecular flexibility index (Phi) is 6.42. The van der Waals surface area contributed by atoms with Gasteiger partial charge in [-0.25, -0.2) is 0 Å². The first-order valence-electron chi connectivity index (χ1n) is 7.80. The third-order valence-corrected chi connectivity index (χ3v) is 5.83. The second-order valence-corrected chi connectivity index (χ2v) is 8.03. The molecule has 2 atom stereocenters. The fourth-order valence-electron chi connectivity index (χ4n) is 3.16. The SMILES string of the molecule is COc1cc(NC2CCCC(C(C)C)CC2)c(Br)cc1Br. The van der Waals surface area contributed by atoms with Gasteiger partial charge in [-0.2, -0.15) is 0 Å². The number of benzene rings is 1. The van der Waals surface area contributed by atoms with Crippen molar-refractivity contribution in [1.82, 2.24) is 0 Å². The standard InChI is InChI=1S/C17H25Br2NO/c1-11(2)12-5-4-6-13(8-7-12)20-16-10-17(21-3)15(19)9-14(16)18/h9-13,20H,4-8H2,1-3H3. The molecule has 0 saturated heterocycles. The molecule has 1 N–H and O–H groups in total. The summed E-state index contributed by atoms with van der Waals surface area (Å²) in [6.07, 6.45) is 6.55. The van der Waals surface area contributed by atoms with E-state index >= 15 is 0 Å². The van der Waals surface area contributed by atoms with E-state index in [4.69, 9.17) is 4.74 Å². The summed E-state index contributed by atoms with van der Waals surface area (Å²) in [4.78, 5) is 0. The molecule has 0 aromatic heterocycles. The maximum Gasteiger partial charge on any atom is 0.135 e. The normalized spacial score (nSPS) is 23.0. The third kappa shape index (κ3) is 4.62.